The fraction of sp³-hybridized carbons (Fsp3) is 1.00. The maximum Gasteiger partial charge on any atom is 0.0573 e. The third-order valence-corrected chi connectivity index (χ3v) is 2.22. The van der Waals surface area contributed by atoms with Crippen LogP contribution in [0, 0.1) is 5.92 Å². The molecule has 0 aromatic heterocycles. The van der Waals surface area contributed by atoms with Crippen molar-refractivity contribution >= 4 is 0 Å². The number of hydrogen-bond acceptors (Lipinski definition) is 2. The average Bonchev–Trinajstić information content (AvgIpc) is 2.01. The average molecular weight is 188 g/mol. The van der Waals surface area contributed by atoms with E-state index in [-0.39, 0.29) is 6.10 Å². The van der Waals surface area contributed by atoms with Gasteiger partial charge in [-0.05, 0) is 38.5 Å². The van der Waals surface area contributed by atoms with Crippen LogP contribution in [0.5, 0.6) is 0 Å². The van der Waals surface area contributed by atoms with Crippen LogP contribution in [0.2, 0.25) is 0 Å². The first kappa shape index (κ1) is 12.9. The van der Waals surface area contributed by atoms with Gasteiger partial charge in [-0.25, -0.2) is 0 Å². The monoisotopic (exact) mass is 188 g/mol. The quantitative estimate of drug-likeness (QED) is 0.665. The van der Waals surface area contributed by atoms with Crippen LogP contribution in [-0.4, -0.2) is 24.4 Å². The number of methoxy groups -OCH3 is 1. The van der Waals surface area contributed by atoms with E-state index in [1.54, 1.807) is 7.11 Å². The first-order chi connectivity index (χ1) is 6.06. The van der Waals surface area contributed by atoms with E-state index in [9.17, 15) is 0 Å². The zero-order valence-corrected chi connectivity index (χ0v) is 9.42. The highest BCUT2D eigenvalue weighted by atomic mass is 16.5. The lowest BCUT2D eigenvalue weighted by Crippen LogP contribution is -2.14. The fourth-order valence-corrected chi connectivity index (χ4v) is 1.50. The summed E-state index contributed by atoms with van der Waals surface area (Å²) in [6.45, 7) is 6.26. The molecule has 0 radical (unpaired) electrons. The van der Waals surface area contributed by atoms with E-state index in [1.807, 2.05) is 6.92 Å². The van der Waals surface area contributed by atoms with E-state index in [1.165, 1.54) is 0 Å². The Bertz CT molecular complexity index is 111. The van der Waals surface area contributed by atoms with Gasteiger partial charge < -0.3 is 9.84 Å². The Balaban J connectivity index is 3.48. The normalized spacial score (nSPS) is 16.2. The Labute approximate surface area is 82.3 Å². The van der Waals surface area contributed by atoms with E-state index in [0.29, 0.717) is 12.0 Å². The number of aliphatic hydroxyl groups excluding tert-OH is 1. The standard InChI is InChI=1S/C11H24O2/c1-9(2)8-11(13-4)7-5-6-10(3)12/h9-12H,5-8H2,1-4H3. The molecule has 0 aliphatic carbocycles. The van der Waals surface area contributed by atoms with Crippen molar-refractivity contribution in [2.75, 3.05) is 7.11 Å². The fourth-order valence-electron chi connectivity index (χ4n) is 1.50. The van der Waals surface area contributed by atoms with Crippen molar-refractivity contribution in [3.05, 3.63) is 0 Å². The van der Waals surface area contributed by atoms with Crippen molar-refractivity contribution in [3.8, 4) is 0 Å². The molecular weight excluding hydrogens is 164 g/mol. The van der Waals surface area contributed by atoms with E-state index in [4.69, 9.17) is 9.84 Å². The lowest BCUT2D eigenvalue weighted by atomic mass is 10.0. The van der Waals surface area contributed by atoms with Gasteiger partial charge in [-0.1, -0.05) is 13.8 Å². The Kier molecular flexibility index (Phi) is 7.29. The summed E-state index contributed by atoms with van der Waals surface area (Å²) in [5.74, 6) is 0.691. The Hall–Kier alpha value is -0.0800. The summed E-state index contributed by atoms with van der Waals surface area (Å²) in [6, 6.07) is 0. The van der Waals surface area contributed by atoms with Gasteiger partial charge in [0, 0.05) is 7.11 Å². The summed E-state index contributed by atoms with van der Waals surface area (Å²) in [5.41, 5.74) is 0. The maximum atomic E-state index is 9.08. The molecule has 2 nitrogen and oxygen atoms in total. The second-order valence-electron chi connectivity index (χ2n) is 4.27. The van der Waals surface area contributed by atoms with Gasteiger partial charge in [-0.3, -0.25) is 0 Å². The molecule has 0 aliphatic heterocycles. The van der Waals surface area contributed by atoms with Gasteiger partial charge in [0.25, 0.3) is 0 Å². The molecule has 2 heteroatoms. The molecule has 1 N–H and O–H groups in total. The van der Waals surface area contributed by atoms with E-state index < -0.39 is 0 Å². The van der Waals surface area contributed by atoms with Crippen molar-refractivity contribution in [2.45, 2.75) is 58.7 Å². The van der Waals surface area contributed by atoms with Crippen molar-refractivity contribution < 1.29 is 9.84 Å². The molecule has 0 aromatic carbocycles. The zero-order chi connectivity index (χ0) is 10.3. The van der Waals surface area contributed by atoms with Gasteiger partial charge in [-0.2, -0.15) is 0 Å². The van der Waals surface area contributed by atoms with Crippen LogP contribution in [0.15, 0.2) is 0 Å². The molecule has 0 aromatic rings. The molecule has 2 unspecified atom stereocenters. The van der Waals surface area contributed by atoms with Crippen molar-refractivity contribution in [1.82, 2.24) is 0 Å². The van der Waals surface area contributed by atoms with E-state index in [2.05, 4.69) is 13.8 Å². The van der Waals surface area contributed by atoms with Gasteiger partial charge >= 0.3 is 0 Å². The minimum atomic E-state index is -0.170. The van der Waals surface area contributed by atoms with E-state index in [0.717, 1.165) is 25.7 Å². The highest BCUT2D eigenvalue weighted by molar-refractivity contribution is 4.61. The predicted octanol–water partition coefficient (Wildman–Crippen LogP) is 2.60. The van der Waals surface area contributed by atoms with Crippen LogP contribution >= 0.6 is 0 Å². The summed E-state index contributed by atoms with van der Waals surface area (Å²) in [4.78, 5) is 0. The summed E-state index contributed by atoms with van der Waals surface area (Å²) in [5, 5.41) is 9.08. The number of hydrogen-bond donors (Lipinski definition) is 1. The van der Waals surface area contributed by atoms with Crippen LogP contribution in [0.4, 0.5) is 0 Å². The molecule has 80 valence electrons. The van der Waals surface area contributed by atoms with Gasteiger partial charge in [-0.15, -0.1) is 0 Å². The highest BCUT2D eigenvalue weighted by Crippen LogP contribution is 2.14. The van der Waals surface area contributed by atoms with Crippen LogP contribution in [0.25, 0.3) is 0 Å². The van der Waals surface area contributed by atoms with Crippen molar-refractivity contribution in [1.29, 1.82) is 0 Å². The third kappa shape index (κ3) is 8.26. The second-order valence-corrected chi connectivity index (χ2v) is 4.27. The minimum absolute atomic E-state index is 0.170. The Morgan fingerprint density at radius 1 is 1.15 bits per heavy atom. The lowest BCUT2D eigenvalue weighted by Gasteiger charge is -2.17. The first-order valence-corrected chi connectivity index (χ1v) is 5.27. The Morgan fingerprint density at radius 3 is 2.15 bits per heavy atom. The summed E-state index contributed by atoms with van der Waals surface area (Å²) in [7, 11) is 1.77. The van der Waals surface area contributed by atoms with Crippen LogP contribution in [-0.2, 0) is 4.74 Å². The molecule has 0 heterocycles. The molecule has 0 saturated carbocycles. The molecule has 0 rings (SSSR count). The minimum Gasteiger partial charge on any atom is -0.393 e. The summed E-state index contributed by atoms with van der Waals surface area (Å²) < 4.78 is 5.36. The molecular formula is C11H24O2. The first-order valence-electron chi connectivity index (χ1n) is 5.27. The Morgan fingerprint density at radius 2 is 1.77 bits per heavy atom. The molecule has 0 fully saturated rings. The van der Waals surface area contributed by atoms with E-state index >= 15 is 0 Å². The smallest absolute Gasteiger partial charge is 0.0573 e. The predicted molar refractivity (Wildman–Crippen MR) is 55.8 cm³/mol. The topological polar surface area (TPSA) is 29.5 Å². The molecule has 2 atom stereocenters. The van der Waals surface area contributed by atoms with Crippen LogP contribution in [0.1, 0.15) is 46.5 Å². The summed E-state index contributed by atoms with van der Waals surface area (Å²) >= 11 is 0. The lowest BCUT2D eigenvalue weighted by molar-refractivity contribution is 0.0711. The SMILES string of the molecule is COC(CCCC(C)O)CC(C)C. The van der Waals surface area contributed by atoms with Gasteiger partial charge in [0.2, 0.25) is 0 Å². The van der Waals surface area contributed by atoms with Crippen LogP contribution < -0.4 is 0 Å². The van der Waals surface area contributed by atoms with Gasteiger partial charge in [0.1, 0.15) is 0 Å². The maximum absolute atomic E-state index is 9.08. The number of rotatable bonds is 7. The zero-order valence-electron chi connectivity index (χ0n) is 9.42. The van der Waals surface area contributed by atoms with Gasteiger partial charge in [0.05, 0.1) is 12.2 Å². The van der Waals surface area contributed by atoms with Crippen molar-refractivity contribution in [3.63, 3.8) is 0 Å². The third-order valence-electron chi connectivity index (χ3n) is 2.22. The highest BCUT2D eigenvalue weighted by Gasteiger charge is 2.09. The molecule has 0 bridgehead atoms. The molecule has 0 spiro atoms. The molecule has 13 heavy (non-hydrogen) atoms. The number of aliphatic hydroxyl groups is 1. The second kappa shape index (κ2) is 7.34. The van der Waals surface area contributed by atoms with Gasteiger partial charge in [0.15, 0.2) is 0 Å². The number of ether oxygens (including phenoxy) is 1. The summed E-state index contributed by atoms with van der Waals surface area (Å²) in [6.07, 6.45) is 4.34. The molecule has 0 amide bonds. The van der Waals surface area contributed by atoms with Crippen molar-refractivity contribution in [2.24, 2.45) is 5.92 Å². The largest absolute Gasteiger partial charge is 0.393 e. The molecule has 0 aliphatic rings. The van der Waals surface area contributed by atoms with Crippen LogP contribution in [0.3, 0.4) is 0 Å². The molecule has 0 saturated heterocycles.